The van der Waals surface area contributed by atoms with Gasteiger partial charge in [0.05, 0.1) is 18.2 Å². The molecule has 0 radical (unpaired) electrons. The van der Waals surface area contributed by atoms with E-state index in [1.54, 1.807) is 12.4 Å². The van der Waals surface area contributed by atoms with Gasteiger partial charge in [0.15, 0.2) is 0 Å². The summed E-state index contributed by atoms with van der Waals surface area (Å²) in [6.07, 6.45) is 8.39. The zero-order valence-electron chi connectivity index (χ0n) is 11.5. The number of benzene rings is 1. The molecule has 0 saturated heterocycles. The molecule has 0 unspecified atom stereocenters. The number of ether oxygens (including phenoxy) is 1. The van der Waals surface area contributed by atoms with Crippen LogP contribution in [-0.2, 0) is 0 Å². The summed E-state index contributed by atoms with van der Waals surface area (Å²) in [5, 5.41) is 8.46. The van der Waals surface area contributed by atoms with Crippen LogP contribution in [0, 0.1) is 11.3 Å². The summed E-state index contributed by atoms with van der Waals surface area (Å²) < 4.78 is 5.84. The number of aromatic amines is 1. The van der Waals surface area contributed by atoms with Gasteiger partial charge in [-0.25, -0.2) is 4.98 Å². The van der Waals surface area contributed by atoms with Crippen molar-refractivity contribution >= 4 is 0 Å². The third-order valence-corrected chi connectivity index (χ3v) is 3.08. The molecule has 0 amide bonds. The highest BCUT2D eigenvalue weighted by atomic mass is 16.5. The average molecular weight is 269 g/mol. The Kier molecular flexibility index (Phi) is 5.66. The third-order valence-electron chi connectivity index (χ3n) is 3.08. The van der Waals surface area contributed by atoms with E-state index in [1.165, 1.54) is 0 Å². The molecule has 4 nitrogen and oxygen atoms in total. The van der Waals surface area contributed by atoms with Crippen LogP contribution in [0.15, 0.2) is 36.7 Å². The summed E-state index contributed by atoms with van der Waals surface area (Å²) in [6.45, 7) is 0.699. The van der Waals surface area contributed by atoms with E-state index in [0.29, 0.717) is 13.0 Å². The zero-order valence-corrected chi connectivity index (χ0v) is 11.5. The number of unbranched alkanes of at least 4 members (excludes halogenated alkanes) is 4. The summed E-state index contributed by atoms with van der Waals surface area (Å²) in [5.41, 5.74) is 0.988. The number of H-pyrrole nitrogens is 1. The normalized spacial score (nSPS) is 10.2. The van der Waals surface area contributed by atoms with Gasteiger partial charge in [0.25, 0.3) is 0 Å². The van der Waals surface area contributed by atoms with Crippen LogP contribution in [0.25, 0.3) is 11.4 Å². The average Bonchev–Trinajstić information content (AvgIpc) is 3.01. The number of nitrogens with zero attached hydrogens (tertiary/aromatic N) is 2. The number of nitrogens with one attached hydrogen (secondary N) is 1. The molecule has 4 heteroatoms. The minimum Gasteiger partial charge on any atom is -0.493 e. The van der Waals surface area contributed by atoms with Crippen molar-refractivity contribution in [3.8, 4) is 23.2 Å². The van der Waals surface area contributed by atoms with Crippen molar-refractivity contribution in [2.75, 3.05) is 6.61 Å². The van der Waals surface area contributed by atoms with Crippen LogP contribution in [0.5, 0.6) is 5.75 Å². The minimum atomic E-state index is 0.655. The molecular formula is C16H19N3O. The molecule has 104 valence electrons. The Balaban J connectivity index is 1.80. The van der Waals surface area contributed by atoms with E-state index in [1.807, 2.05) is 24.3 Å². The maximum atomic E-state index is 8.46. The molecular weight excluding hydrogens is 250 g/mol. The first kappa shape index (κ1) is 14.1. The Hall–Kier alpha value is -2.28. The smallest absolute Gasteiger partial charge is 0.141 e. The molecule has 0 aliphatic rings. The van der Waals surface area contributed by atoms with Gasteiger partial charge in [-0.15, -0.1) is 0 Å². The van der Waals surface area contributed by atoms with Crippen molar-refractivity contribution in [2.45, 2.75) is 32.1 Å². The number of imidazole rings is 1. The first-order chi connectivity index (χ1) is 9.92. The first-order valence-corrected chi connectivity index (χ1v) is 7.00. The lowest BCUT2D eigenvalue weighted by Gasteiger charge is -2.09. The maximum absolute atomic E-state index is 8.46. The number of rotatable bonds is 8. The van der Waals surface area contributed by atoms with Gasteiger partial charge < -0.3 is 9.72 Å². The lowest BCUT2D eigenvalue weighted by atomic mass is 10.1. The molecule has 0 spiro atoms. The fraction of sp³-hybridized carbons (Fsp3) is 0.375. The van der Waals surface area contributed by atoms with E-state index in [4.69, 9.17) is 10.00 Å². The molecule has 2 aromatic rings. The van der Waals surface area contributed by atoms with Crippen molar-refractivity contribution < 1.29 is 4.74 Å². The number of para-hydroxylation sites is 1. The number of hydrogen-bond donors (Lipinski definition) is 1. The topological polar surface area (TPSA) is 61.7 Å². The van der Waals surface area contributed by atoms with E-state index < -0.39 is 0 Å². The van der Waals surface area contributed by atoms with Crippen molar-refractivity contribution in [1.29, 1.82) is 5.26 Å². The Bertz CT molecular complexity index is 543. The molecule has 1 aromatic heterocycles. The third kappa shape index (κ3) is 4.13. The quantitative estimate of drug-likeness (QED) is 0.738. The molecule has 0 fully saturated rings. The second-order valence-corrected chi connectivity index (χ2v) is 4.60. The second kappa shape index (κ2) is 8.00. The van der Waals surface area contributed by atoms with E-state index in [-0.39, 0.29) is 0 Å². The lowest BCUT2D eigenvalue weighted by Crippen LogP contribution is -1.99. The predicted octanol–water partition coefficient (Wildman–Crippen LogP) is 3.93. The van der Waals surface area contributed by atoms with Crippen LogP contribution in [0.4, 0.5) is 0 Å². The Morgan fingerprint density at radius 3 is 2.80 bits per heavy atom. The van der Waals surface area contributed by atoms with E-state index in [2.05, 4.69) is 16.0 Å². The SMILES string of the molecule is N#CCCCCCCOc1ccccc1-c1ncc[nH]1. The van der Waals surface area contributed by atoms with Gasteiger partial charge in [-0.05, 0) is 25.0 Å². The molecule has 0 bridgehead atoms. The largest absolute Gasteiger partial charge is 0.493 e. The van der Waals surface area contributed by atoms with Crippen molar-refractivity contribution in [2.24, 2.45) is 0 Å². The molecule has 0 aliphatic carbocycles. The monoisotopic (exact) mass is 269 g/mol. The molecule has 1 N–H and O–H groups in total. The predicted molar refractivity (Wildman–Crippen MR) is 78.2 cm³/mol. The van der Waals surface area contributed by atoms with Gasteiger partial charge in [0.1, 0.15) is 11.6 Å². The van der Waals surface area contributed by atoms with Crippen molar-refractivity contribution in [1.82, 2.24) is 9.97 Å². The summed E-state index contributed by atoms with van der Waals surface area (Å²) in [4.78, 5) is 7.36. The molecule has 0 saturated carbocycles. The van der Waals surface area contributed by atoms with E-state index in [0.717, 1.165) is 42.8 Å². The minimum absolute atomic E-state index is 0.655. The van der Waals surface area contributed by atoms with Gasteiger partial charge >= 0.3 is 0 Å². The summed E-state index contributed by atoms with van der Waals surface area (Å²) in [6, 6.07) is 10.1. The summed E-state index contributed by atoms with van der Waals surface area (Å²) in [5.74, 6) is 1.69. The highest BCUT2D eigenvalue weighted by molar-refractivity contribution is 5.63. The fourth-order valence-corrected chi connectivity index (χ4v) is 2.04. The van der Waals surface area contributed by atoms with Gasteiger partial charge in [-0.1, -0.05) is 25.0 Å². The Morgan fingerprint density at radius 2 is 2.00 bits per heavy atom. The van der Waals surface area contributed by atoms with Crippen LogP contribution < -0.4 is 4.74 Å². The molecule has 20 heavy (non-hydrogen) atoms. The van der Waals surface area contributed by atoms with Gasteiger partial charge in [0, 0.05) is 18.8 Å². The van der Waals surface area contributed by atoms with Gasteiger partial charge in [0.2, 0.25) is 0 Å². The molecule has 1 heterocycles. The zero-order chi connectivity index (χ0) is 14.0. The van der Waals surface area contributed by atoms with Gasteiger partial charge in [-0.2, -0.15) is 5.26 Å². The van der Waals surface area contributed by atoms with E-state index >= 15 is 0 Å². The van der Waals surface area contributed by atoms with Crippen LogP contribution in [0.1, 0.15) is 32.1 Å². The lowest BCUT2D eigenvalue weighted by molar-refractivity contribution is 0.306. The maximum Gasteiger partial charge on any atom is 0.141 e. The summed E-state index contributed by atoms with van der Waals surface area (Å²) >= 11 is 0. The van der Waals surface area contributed by atoms with Gasteiger partial charge in [-0.3, -0.25) is 0 Å². The standard InChI is InChI=1S/C16H19N3O/c17-10-6-2-1-3-7-13-20-15-9-5-4-8-14(15)16-18-11-12-19-16/h4-5,8-9,11-12H,1-3,6-7,13H2,(H,18,19). The second-order valence-electron chi connectivity index (χ2n) is 4.60. The molecule has 0 aliphatic heterocycles. The van der Waals surface area contributed by atoms with Crippen LogP contribution in [0.3, 0.4) is 0 Å². The van der Waals surface area contributed by atoms with Crippen molar-refractivity contribution in [3.63, 3.8) is 0 Å². The van der Waals surface area contributed by atoms with Crippen molar-refractivity contribution in [3.05, 3.63) is 36.7 Å². The number of hydrogen-bond acceptors (Lipinski definition) is 3. The Morgan fingerprint density at radius 1 is 1.15 bits per heavy atom. The van der Waals surface area contributed by atoms with Crippen LogP contribution in [0.2, 0.25) is 0 Å². The first-order valence-electron chi connectivity index (χ1n) is 7.00. The number of aromatic nitrogens is 2. The highest BCUT2D eigenvalue weighted by Gasteiger charge is 2.07. The fourth-order valence-electron chi connectivity index (χ4n) is 2.04. The van der Waals surface area contributed by atoms with Crippen LogP contribution in [-0.4, -0.2) is 16.6 Å². The summed E-state index contributed by atoms with van der Waals surface area (Å²) in [7, 11) is 0. The molecule has 2 rings (SSSR count). The Labute approximate surface area is 119 Å². The van der Waals surface area contributed by atoms with E-state index in [9.17, 15) is 0 Å². The number of nitriles is 1. The highest BCUT2D eigenvalue weighted by Crippen LogP contribution is 2.27. The molecule has 1 aromatic carbocycles. The van der Waals surface area contributed by atoms with Crippen LogP contribution >= 0.6 is 0 Å². The molecule has 0 atom stereocenters.